The van der Waals surface area contributed by atoms with Crippen molar-refractivity contribution in [1.29, 1.82) is 0 Å². The van der Waals surface area contributed by atoms with Crippen LogP contribution in [0.4, 0.5) is 5.82 Å². The number of hydrogen-bond donors (Lipinski definition) is 2. The van der Waals surface area contributed by atoms with Crippen LogP contribution >= 0.6 is 11.6 Å². The van der Waals surface area contributed by atoms with Gasteiger partial charge in [-0.15, -0.1) is 0 Å². The normalized spacial score (nSPS) is 21.2. The summed E-state index contributed by atoms with van der Waals surface area (Å²) < 4.78 is 5.32. The molecule has 0 radical (unpaired) electrons. The summed E-state index contributed by atoms with van der Waals surface area (Å²) in [6.07, 6.45) is 7.79. The number of hydrogen-bond acceptors (Lipinski definition) is 6. The number of halogens is 1. The summed E-state index contributed by atoms with van der Waals surface area (Å²) in [6.45, 7) is 1.95. The zero-order valence-electron chi connectivity index (χ0n) is 16.5. The Morgan fingerprint density at radius 2 is 2.07 bits per heavy atom. The fraction of sp³-hybridized carbons (Fsp3) is 0.476. The second kappa shape index (κ2) is 7.15. The Bertz CT molecular complexity index is 1040. The summed E-state index contributed by atoms with van der Waals surface area (Å²) in [7, 11) is 1.62. The number of nitrogens with one attached hydrogen (secondary N) is 1. The number of fused-ring (bicyclic) bond motifs is 1. The first-order valence-corrected chi connectivity index (χ1v) is 10.5. The fourth-order valence-electron chi connectivity index (χ4n) is 4.93. The van der Waals surface area contributed by atoms with E-state index in [0.717, 1.165) is 54.9 Å². The molecule has 8 heteroatoms. The molecule has 7 nitrogen and oxygen atoms in total. The maximum atomic E-state index is 6.41. The van der Waals surface area contributed by atoms with Gasteiger partial charge < -0.3 is 15.4 Å². The summed E-state index contributed by atoms with van der Waals surface area (Å²) >= 11 is 6.22. The van der Waals surface area contributed by atoms with E-state index in [9.17, 15) is 0 Å². The van der Waals surface area contributed by atoms with Gasteiger partial charge in [0.25, 0.3) is 0 Å². The lowest BCUT2D eigenvalue weighted by atomic mass is 9.74. The number of benzene rings is 1. The Hall–Kier alpha value is -2.38. The van der Waals surface area contributed by atoms with Crippen LogP contribution in [-0.2, 0) is 0 Å². The first-order chi connectivity index (χ1) is 14.1. The van der Waals surface area contributed by atoms with E-state index < -0.39 is 0 Å². The molecule has 5 rings (SSSR count). The molecule has 2 aromatic heterocycles. The van der Waals surface area contributed by atoms with E-state index in [1.165, 1.54) is 12.8 Å². The largest absolute Gasteiger partial charge is 0.497 e. The number of nitrogens with zero attached hydrogens (tertiary/aromatic N) is 4. The molecule has 1 aromatic carbocycles. The number of aromatic amines is 1. The number of rotatable bonds is 3. The van der Waals surface area contributed by atoms with E-state index in [1.54, 1.807) is 13.2 Å². The number of piperidine rings is 1. The maximum absolute atomic E-state index is 6.41. The molecule has 2 fully saturated rings. The van der Waals surface area contributed by atoms with Gasteiger partial charge in [-0.25, -0.2) is 9.97 Å². The molecule has 2 aliphatic rings. The van der Waals surface area contributed by atoms with Crippen LogP contribution in [0.1, 0.15) is 32.1 Å². The van der Waals surface area contributed by atoms with Gasteiger partial charge in [0.2, 0.25) is 0 Å². The lowest BCUT2D eigenvalue weighted by molar-refractivity contribution is 0.197. The Balaban J connectivity index is 1.41. The van der Waals surface area contributed by atoms with Crippen LogP contribution in [0.5, 0.6) is 5.75 Å². The van der Waals surface area contributed by atoms with Crippen molar-refractivity contribution in [2.75, 3.05) is 25.1 Å². The van der Waals surface area contributed by atoms with E-state index in [2.05, 4.69) is 20.1 Å². The molecule has 3 heterocycles. The van der Waals surface area contributed by atoms with Crippen LogP contribution in [0, 0.1) is 5.41 Å². The predicted octanol–water partition coefficient (Wildman–Crippen LogP) is 3.78. The van der Waals surface area contributed by atoms with Crippen molar-refractivity contribution in [3.63, 3.8) is 0 Å². The number of aromatic nitrogens is 4. The van der Waals surface area contributed by atoms with Crippen molar-refractivity contribution < 1.29 is 4.74 Å². The number of methoxy groups -OCH3 is 1. The van der Waals surface area contributed by atoms with E-state index in [-0.39, 0.29) is 0 Å². The highest BCUT2D eigenvalue weighted by molar-refractivity contribution is 6.31. The average Bonchev–Trinajstić information content (AvgIpc) is 3.31. The molecule has 3 N–H and O–H groups in total. The molecule has 3 aromatic rings. The summed E-state index contributed by atoms with van der Waals surface area (Å²) in [6, 6.07) is 5.86. The Morgan fingerprint density at radius 1 is 1.24 bits per heavy atom. The van der Waals surface area contributed by atoms with Gasteiger partial charge in [-0.2, -0.15) is 5.10 Å². The molecule has 29 heavy (non-hydrogen) atoms. The lowest BCUT2D eigenvalue weighted by Crippen LogP contribution is -2.47. The molecule has 0 bridgehead atoms. The topological polar surface area (TPSA) is 93.0 Å². The third-order valence-electron chi connectivity index (χ3n) is 6.70. The van der Waals surface area contributed by atoms with Crippen molar-refractivity contribution in [2.45, 2.75) is 38.1 Å². The third kappa shape index (κ3) is 3.22. The van der Waals surface area contributed by atoms with Crippen molar-refractivity contribution >= 4 is 28.6 Å². The Labute approximate surface area is 174 Å². The zero-order valence-corrected chi connectivity index (χ0v) is 17.2. The Morgan fingerprint density at radius 3 is 2.79 bits per heavy atom. The van der Waals surface area contributed by atoms with Gasteiger partial charge in [0.1, 0.15) is 22.8 Å². The minimum atomic E-state index is 0.334. The highest BCUT2D eigenvalue weighted by Gasteiger charge is 2.43. The fourth-order valence-corrected chi connectivity index (χ4v) is 5.16. The molecule has 1 saturated carbocycles. The molecule has 1 aliphatic carbocycles. The predicted molar refractivity (Wildman–Crippen MR) is 114 cm³/mol. The van der Waals surface area contributed by atoms with Gasteiger partial charge in [0.15, 0.2) is 5.65 Å². The van der Waals surface area contributed by atoms with Crippen LogP contribution in [-0.4, -0.2) is 46.4 Å². The summed E-state index contributed by atoms with van der Waals surface area (Å²) in [4.78, 5) is 11.8. The first-order valence-electron chi connectivity index (χ1n) is 10.1. The van der Waals surface area contributed by atoms with Gasteiger partial charge in [-0.05, 0) is 49.3 Å². The molecule has 152 valence electrons. The Kier molecular flexibility index (Phi) is 4.59. The highest BCUT2D eigenvalue weighted by atomic mass is 35.5. The molecule has 0 amide bonds. The quantitative estimate of drug-likeness (QED) is 0.680. The van der Waals surface area contributed by atoms with Crippen LogP contribution < -0.4 is 15.4 Å². The SMILES string of the molecule is COc1cc(Cl)cc(-c2n[nH]c3nc(N4CCC5(CCC[C@H]5N)CC4)cnc23)c1. The van der Waals surface area contributed by atoms with Gasteiger partial charge in [-0.1, -0.05) is 18.0 Å². The van der Waals surface area contributed by atoms with E-state index in [4.69, 9.17) is 27.1 Å². The third-order valence-corrected chi connectivity index (χ3v) is 6.92. The minimum absolute atomic E-state index is 0.334. The van der Waals surface area contributed by atoms with Gasteiger partial charge in [-0.3, -0.25) is 5.10 Å². The van der Waals surface area contributed by atoms with Gasteiger partial charge in [0.05, 0.1) is 13.3 Å². The van der Waals surface area contributed by atoms with Crippen molar-refractivity contribution in [3.05, 3.63) is 29.4 Å². The number of nitrogens with two attached hydrogens (primary N) is 1. The summed E-state index contributed by atoms with van der Waals surface area (Å²) in [5.74, 6) is 1.57. The number of ether oxygens (including phenoxy) is 1. The van der Waals surface area contributed by atoms with Crippen molar-refractivity contribution in [1.82, 2.24) is 20.2 Å². The average molecular weight is 413 g/mol. The molecule has 1 saturated heterocycles. The second-order valence-corrected chi connectivity index (χ2v) is 8.66. The number of anilines is 1. The molecule has 0 unspecified atom stereocenters. The first kappa shape index (κ1) is 18.6. The monoisotopic (exact) mass is 412 g/mol. The van der Waals surface area contributed by atoms with Crippen LogP contribution in [0.3, 0.4) is 0 Å². The summed E-state index contributed by atoms with van der Waals surface area (Å²) in [5, 5.41) is 8.05. The van der Waals surface area contributed by atoms with Crippen molar-refractivity contribution in [2.24, 2.45) is 11.1 Å². The molecule has 1 atom stereocenters. The van der Waals surface area contributed by atoms with Crippen LogP contribution in [0.25, 0.3) is 22.4 Å². The van der Waals surface area contributed by atoms with E-state index in [1.807, 2.05) is 18.3 Å². The van der Waals surface area contributed by atoms with Crippen LogP contribution in [0.15, 0.2) is 24.4 Å². The highest BCUT2D eigenvalue weighted by Crippen LogP contribution is 2.45. The molecule has 1 aliphatic heterocycles. The molecular formula is C21H25ClN6O. The smallest absolute Gasteiger partial charge is 0.177 e. The number of H-pyrrole nitrogens is 1. The lowest BCUT2D eigenvalue weighted by Gasteiger charge is -2.42. The van der Waals surface area contributed by atoms with Gasteiger partial charge in [0, 0.05) is 29.7 Å². The van der Waals surface area contributed by atoms with E-state index >= 15 is 0 Å². The zero-order chi connectivity index (χ0) is 20.0. The van der Waals surface area contributed by atoms with Crippen molar-refractivity contribution in [3.8, 4) is 17.0 Å². The maximum Gasteiger partial charge on any atom is 0.177 e. The van der Waals surface area contributed by atoms with Gasteiger partial charge >= 0.3 is 0 Å². The molecule has 1 spiro atoms. The standard InChI is InChI=1S/C21H25ClN6O/c1-29-15-10-13(9-14(22)11-15)18-19-20(27-26-18)25-17(12-24-19)28-7-5-21(6-8-28)4-2-3-16(21)23/h9-12,16H,2-8,23H2,1H3,(H,25,26,27)/t16-/m1/s1. The molecular weight excluding hydrogens is 388 g/mol. The van der Waals surface area contributed by atoms with Crippen LogP contribution in [0.2, 0.25) is 5.02 Å². The van der Waals surface area contributed by atoms with E-state index in [0.29, 0.717) is 27.9 Å². The minimum Gasteiger partial charge on any atom is -0.497 e. The summed E-state index contributed by atoms with van der Waals surface area (Å²) in [5.41, 5.74) is 9.71. The second-order valence-electron chi connectivity index (χ2n) is 8.23.